The number of carbonyl (C=O) groups excluding carboxylic acids is 1. The molecule has 2 aromatic heterocycles. The van der Waals surface area contributed by atoms with Crippen LogP contribution in [0, 0.1) is 12.7 Å². The van der Waals surface area contributed by atoms with Crippen LogP contribution in [0.15, 0.2) is 30.7 Å². The van der Waals surface area contributed by atoms with Crippen LogP contribution in [0.1, 0.15) is 18.4 Å². The summed E-state index contributed by atoms with van der Waals surface area (Å²) < 4.78 is 14.6. The Labute approximate surface area is 145 Å². The predicted octanol–water partition coefficient (Wildman–Crippen LogP) is 0.873. The maximum absolute atomic E-state index is 13.0. The second-order valence-electron chi connectivity index (χ2n) is 6.58. The van der Waals surface area contributed by atoms with Crippen molar-refractivity contribution in [2.24, 2.45) is 0 Å². The highest BCUT2D eigenvalue weighted by atomic mass is 19.1. The fraction of sp³-hybridized carbons (Fsp3) is 0.471. The Kier molecular flexibility index (Phi) is 4.98. The van der Waals surface area contributed by atoms with E-state index in [4.69, 9.17) is 0 Å². The molecular weight excluding hydrogens is 325 g/mol. The average molecular weight is 347 g/mol. The van der Waals surface area contributed by atoms with Gasteiger partial charge in [-0.25, -0.2) is 9.37 Å². The van der Waals surface area contributed by atoms with Crippen LogP contribution in [0.2, 0.25) is 0 Å². The average Bonchev–Trinajstić information content (AvgIpc) is 2.99. The van der Waals surface area contributed by atoms with E-state index in [-0.39, 0.29) is 19.0 Å². The molecule has 1 aliphatic heterocycles. The number of pyridine rings is 1. The summed E-state index contributed by atoms with van der Waals surface area (Å²) in [6.07, 6.45) is 6.00. The number of hydrogen-bond donors (Lipinski definition) is 2. The number of anilines is 1. The summed E-state index contributed by atoms with van der Waals surface area (Å²) in [7, 11) is 0. The number of hydrogen-bond acceptors (Lipinski definition) is 5. The number of amides is 1. The molecule has 25 heavy (non-hydrogen) atoms. The molecule has 0 unspecified atom stereocenters. The molecule has 1 saturated heterocycles. The first-order valence-corrected chi connectivity index (χ1v) is 8.28. The highest BCUT2D eigenvalue weighted by Crippen LogP contribution is 2.24. The van der Waals surface area contributed by atoms with Gasteiger partial charge in [0.1, 0.15) is 18.2 Å². The van der Waals surface area contributed by atoms with Gasteiger partial charge in [0.2, 0.25) is 5.91 Å². The summed E-state index contributed by atoms with van der Waals surface area (Å²) in [4.78, 5) is 18.0. The number of aromatic nitrogens is 3. The Morgan fingerprint density at radius 3 is 2.96 bits per heavy atom. The van der Waals surface area contributed by atoms with E-state index in [1.807, 2.05) is 11.8 Å². The van der Waals surface area contributed by atoms with Crippen molar-refractivity contribution < 1.29 is 14.3 Å². The van der Waals surface area contributed by atoms with Crippen molar-refractivity contribution >= 4 is 11.7 Å². The van der Waals surface area contributed by atoms with E-state index in [2.05, 4.69) is 15.4 Å². The number of nitrogens with zero attached hydrogens (tertiary/aromatic N) is 4. The SMILES string of the molecule is Cc1cnn(CC(=O)NC[C@@]2(O)CCCN(c3ccc(F)cn3)C2)c1. The van der Waals surface area contributed by atoms with Gasteiger partial charge in [0.25, 0.3) is 0 Å². The van der Waals surface area contributed by atoms with E-state index >= 15 is 0 Å². The van der Waals surface area contributed by atoms with Gasteiger partial charge < -0.3 is 15.3 Å². The van der Waals surface area contributed by atoms with E-state index in [9.17, 15) is 14.3 Å². The number of carbonyl (C=O) groups is 1. The second-order valence-corrected chi connectivity index (χ2v) is 6.58. The van der Waals surface area contributed by atoms with Crippen molar-refractivity contribution in [2.75, 3.05) is 24.5 Å². The van der Waals surface area contributed by atoms with Crippen LogP contribution < -0.4 is 10.2 Å². The van der Waals surface area contributed by atoms with Crippen LogP contribution >= 0.6 is 0 Å². The number of halogens is 1. The lowest BCUT2D eigenvalue weighted by Gasteiger charge is -2.39. The lowest BCUT2D eigenvalue weighted by molar-refractivity contribution is -0.123. The Hall–Kier alpha value is -2.48. The molecule has 2 N–H and O–H groups in total. The summed E-state index contributed by atoms with van der Waals surface area (Å²) >= 11 is 0. The lowest BCUT2D eigenvalue weighted by Crippen LogP contribution is -2.54. The first-order valence-electron chi connectivity index (χ1n) is 8.28. The van der Waals surface area contributed by atoms with Gasteiger partial charge in [-0.15, -0.1) is 0 Å². The van der Waals surface area contributed by atoms with Crippen LogP contribution in [0.5, 0.6) is 0 Å². The molecule has 3 heterocycles. The van der Waals surface area contributed by atoms with Crippen LogP contribution in [-0.4, -0.2) is 51.0 Å². The van der Waals surface area contributed by atoms with Crippen LogP contribution in [0.4, 0.5) is 10.2 Å². The molecule has 0 saturated carbocycles. The molecule has 1 fully saturated rings. The van der Waals surface area contributed by atoms with Crippen LogP contribution in [-0.2, 0) is 11.3 Å². The van der Waals surface area contributed by atoms with Crippen LogP contribution in [0.3, 0.4) is 0 Å². The van der Waals surface area contributed by atoms with Crippen molar-refractivity contribution in [2.45, 2.75) is 31.9 Å². The molecule has 134 valence electrons. The molecule has 0 bridgehead atoms. The lowest BCUT2D eigenvalue weighted by atomic mass is 9.92. The highest BCUT2D eigenvalue weighted by molar-refractivity contribution is 5.75. The number of β-amino-alcohol motifs (C(OH)–C–C–N with tert-alkyl or cyclic N) is 1. The first kappa shape index (κ1) is 17.3. The van der Waals surface area contributed by atoms with Gasteiger partial charge in [-0.1, -0.05) is 0 Å². The molecule has 1 amide bonds. The number of piperidine rings is 1. The monoisotopic (exact) mass is 347 g/mol. The van der Waals surface area contributed by atoms with E-state index in [0.717, 1.165) is 24.7 Å². The van der Waals surface area contributed by atoms with Gasteiger partial charge in [-0.3, -0.25) is 9.48 Å². The zero-order valence-corrected chi connectivity index (χ0v) is 14.2. The molecule has 0 radical (unpaired) electrons. The molecule has 2 aromatic rings. The van der Waals surface area contributed by atoms with Crippen molar-refractivity contribution in [1.29, 1.82) is 0 Å². The van der Waals surface area contributed by atoms with E-state index in [0.29, 0.717) is 18.8 Å². The highest BCUT2D eigenvalue weighted by Gasteiger charge is 2.34. The van der Waals surface area contributed by atoms with Crippen LogP contribution in [0.25, 0.3) is 0 Å². The van der Waals surface area contributed by atoms with Gasteiger partial charge in [0.15, 0.2) is 0 Å². The summed E-state index contributed by atoms with van der Waals surface area (Å²) in [6, 6.07) is 2.95. The van der Waals surface area contributed by atoms with Crippen molar-refractivity contribution in [3.05, 3.63) is 42.1 Å². The van der Waals surface area contributed by atoms with Gasteiger partial charge >= 0.3 is 0 Å². The molecule has 8 heteroatoms. The van der Waals surface area contributed by atoms with Gasteiger partial charge in [-0.2, -0.15) is 5.10 Å². The maximum Gasteiger partial charge on any atom is 0.241 e. The minimum absolute atomic E-state index is 0.118. The second kappa shape index (κ2) is 7.18. The minimum atomic E-state index is -1.04. The van der Waals surface area contributed by atoms with Crippen molar-refractivity contribution in [3.63, 3.8) is 0 Å². The largest absolute Gasteiger partial charge is 0.386 e. The predicted molar refractivity (Wildman–Crippen MR) is 90.6 cm³/mol. The Morgan fingerprint density at radius 1 is 1.44 bits per heavy atom. The molecule has 1 aliphatic rings. The first-order chi connectivity index (χ1) is 11.9. The maximum atomic E-state index is 13.0. The summed E-state index contributed by atoms with van der Waals surface area (Å²) in [6.45, 7) is 3.26. The molecule has 0 spiro atoms. The third kappa shape index (κ3) is 4.54. The van der Waals surface area contributed by atoms with E-state index < -0.39 is 11.4 Å². The number of rotatable bonds is 5. The van der Waals surface area contributed by atoms with E-state index in [1.54, 1.807) is 23.1 Å². The van der Waals surface area contributed by atoms with Crippen molar-refractivity contribution in [1.82, 2.24) is 20.1 Å². The summed E-state index contributed by atoms with van der Waals surface area (Å²) in [5, 5.41) is 17.6. The zero-order chi connectivity index (χ0) is 17.9. The Bertz CT molecular complexity index is 733. The van der Waals surface area contributed by atoms with Gasteiger partial charge in [-0.05, 0) is 37.5 Å². The zero-order valence-electron chi connectivity index (χ0n) is 14.2. The third-order valence-corrected chi connectivity index (χ3v) is 4.27. The number of aryl methyl sites for hydroxylation is 1. The third-order valence-electron chi connectivity index (χ3n) is 4.27. The number of nitrogens with one attached hydrogen (secondary N) is 1. The smallest absolute Gasteiger partial charge is 0.241 e. The molecule has 7 nitrogen and oxygen atoms in total. The molecule has 3 rings (SSSR count). The minimum Gasteiger partial charge on any atom is -0.386 e. The normalized spacial score (nSPS) is 20.5. The number of aliphatic hydroxyl groups is 1. The summed E-state index contributed by atoms with van der Waals surface area (Å²) in [5.41, 5.74) is -0.0505. The topological polar surface area (TPSA) is 83.3 Å². The quantitative estimate of drug-likeness (QED) is 0.839. The molecule has 0 aromatic carbocycles. The standard InChI is InChI=1S/C17H22FN5O2/c1-13-7-21-23(9-13)10-16(24)20-11-17(25)5-2-6-22(12-17)15-4-3-14(18)8-19-15/h3-4,7-9,25H,2,5-6,10-12H2,1H3,(H,20,24)/t17-/m0/s1. The molecule has 1 atom stereocenters. The Balaban J connectivity index is 1.55. The summed E-state index contributed by atoms with van der Waals surface area (Å²) in [5.74, 6) is 0.0311. The van der Waals surface area contributed by atoms with Gasteiger partial charge in [0, 0.05) is 25.8 Å². The molecule has 0 aliphatic carbocycles. The fourth-order valence-electron chi connectivity index (χ4n) is 3.03. The van der Waals surface area contributed by atoms with Gasteiger partial charge in [0.05, 0.1) is 18.0 Å². The fourth-order valence-corrected chi connectivity index (χ4v) is 3.03. The van der Waals surface area contributed by atoms with Crippen molar-refractivity contribution in [3.8, 4) is 0 Å². The molecular formula is C17H22FN5O2. The Morgan fingerprint density at radius 2 is 2.28 bits per heavy atom. The van der Waals surface area contributed by atoms with E-state index in [1.165, 1.54) is 6.07 Å².